The zero-order valence-electron chi connectivity index (χ0n) is 10.4. The van der Waals surface area contributed by atoms with Crippen LogP contribution in [0.25, 0.3) is 0 Å². The maximum Gasteiger partial charge on any atom is 0.309 e. The first-order valence-corrected chi connectivity index (χ1v) is 6.47. The Bertz CT molecular complexity index is 425. The molecule has 0 radical (unpaired) electrons. The van der Waals surface area contributed by atoms with Gasteiger partial charge in [0.25, 0.3) is 0 Å². The Hall–Kier alpha value is -1.13. The molecule has 0 spiro atoms. The third-order valence-electron chi connectivity index (χ3n) is 3.24. The zero-order chi connectivity index (χ0) is 13.0. The smallest absolute Gasteiger partial charge is 0.309 e. The number of pyridine rings is 1. The summed E-state index contributed by atoms with van der Waals surface area (Å²) in [5, 5.41) is 0.508. The minimum absolute atomic E-state index is 0.000981. The number of aromatic nitrogens is 1. The third-order valence-corrected chi connectivity index (χ3v) is 3.44. The molecule has 1 aliphatic heterocycles. The van der Waals surface area contributed by atoms with Gasteiger partial charge in [-0.3, -0.25) is 9.69 Å². The van der Waals surface area contributed by atoms with E-state index in [-0.39, 0.29) is 11.9 Å². The molecule has 0 amide bonds. The highest BCUT2D eigenvalue weighted by Crippen LogP contribution is 2.20. The Morgan fingerprint density at radius 3 is 3.22 bits per heavy atom. The van der Waals surface area contributed by atoms with Crippen LogP contribution in [-0.4, -0.2) is 36.1 Å². The molecule has 1 unspecified atom stereocenters. The Labute approximate surface area is 112 Å². The van der Waals surface area contributed by atoms with Gasteiger partial charge in [0, 0.05) is 19.3 Å². The van der Waals surface area contributed by atoms with Gasteiger partial charge in [0.1, 0.15) is 5.15 Å². The molecule has 0 bridgehead atoms. The van der Waals surface area contributed by atoms with Crippen molar-refractivity contribution in [1.29, 1.82) is 0 Å². The van der Waals surface area contributed by atoms with Crippen LogP contribution in [0, 0.1) is 5.92 Å². The molecule has 0 aliphatic carbocycles. The fourth-order valence-corrected chi connectivity index (χ4v) is 2.55. The molecular weight excluding hydrogens is 252 g/mol. The first-order valence-electron chi connectivity index (χ1n) is 6.09. The van der Waals surface area contributed by atoms with Gasteiger partial charge < -0.3 is 4.74 Å². The Kier molecular flexibility index (Phi) is 4.55. The molecule has 18 heavy (non-hydrogen) atoms. The molecule has 2 heterocycles. The average molecular weight is 269 g/mol. The number of carbonyl (C=O) groups is 1. The lowest BCUT2D eigenvalue weighted by Crippen LogP contribution is -2.38. The molecule has 5 heteroatoms. The normalized spacial score (nSPS) is 20.7. The number of carbonyl (C=O) groups excluding carboxylic acids is 1. The molecule has 2 rings (SSSR count). The summed E-state index contributed by atoms with van der Waals surface area (Å²) in [7, 11) is 1.45. The van der Waals surface area contributed by atoms with Gasteiger partial charge in [-0.1, -0.05) is 11.6 Å². The van der Waals surface area contributed by atoms with Gasteiger partial charge in [-0.25, -0.2) is 4.98 Å². The predicted octanol–water partition coefficient (Wildman–Crippen LogP) is 2.12. The minimum Gasteiger partial charge on any atom is -0.469 e. The Morgan fingerprint density at radius 2 is 2.50 bits per heavy atom. The average Bonchev–Trinajstić information content (AvgIpc) is 2.38. The number of rotatable bonds is 3. The number of nitrogens with zero attached hydrogens (tertiary/aromatic N) is 2. The molecule has 1 atom stereocenters. The lowest BCUT2D eigenvalue weighted by atomic mass is 9.98. The van der Waals surface area contributed by atoms with Crippen LogP contribution in [0.2, 0.25) is 5.15 Å². The van der Waals surface area contributed by atoms with Gasteiger partial charge in [0.05, 0.1) is 13.0 Å². The maximum atomic E-state index is 11.5. The van der Waals surface area contributed by atoms with E-state index in [0.717, 1.165) is 38.0 Å². The van der Waals surface area contributed by atoms with Gasteiger partial charge in [0.2, 0.25) is 0 Å². The Balaban J connectivity index is 1.95. The number of hydrogen-bond acceptors (Lipinski definition) is 4. The molecule has 4 nitrogen and oxygen atoms in total. The SMILES string of the molecule is COC(=O)C1CCCN(Cc2ccnc(Cl)c2)C1. The second kappa shape index (κ2) is 6.16. The van der Waals surface area contributed by atoms with Crippen LogP contribution >= 0.6 is 11.6 Å². The number of methoxy groups -OCH3 is 1. The summed E-state index contributed by atoms with van der Waals surface area (Å²) in [6, 6.07) is 3.82. The topological polar surface area (TPSA) is 42.4 Å². The molecule has 0 saturated carbocycles. The second-order valence-electron chi connectivity index (χ2n) is 4.58. The molecular formula is C13H17ClN2O2. The summed E-state index contributed by atoms with van der Waals surface area (Å²) in [6.45, 7) is 2.57. The van der Waals surface area contributed by atoms with E-state index in [1.54, 1.807) is 6.20 Å². The van der Waals surface area contributed by atoms with Crippen LogP contribution in [0.3, 0.4) is 0 Å². The second-order valence-corrected chi connectivity index (χ2v) is 4.97. The lowest BCUT2D eigenvalue weighted by molar-refractivity contribution is -0.147. The number of hydrogen-bond donors (Lipinski definition) is 0. The number of ether oxygens (including phenoxy) is 1. The van der Waals surface area contributed by atoms with E-state index < -0.39 is 0 Å². The van der Waals surface area contributed by atoms with Gasteiger partial charge in [-0.2, -0.15) is 0 Å². The van der Waals surface area contributed by atoms with Crippen LogP contribution < -0.4 is 0 Å². The van der Waals surface area contributed by atoms with Crippen molar-refractivity contribution in [3.8, 4) is 0 Å². The highest BCUT2D eigenvalue weighted by atomic mass is 35.5. The van der Waals surface area contributed by atoms with Gasteiger partial charge >= 0.3 is 5.97 Å². The van der Waals surface area contributed by atoms with Gasteiger partial charge in [-0.15, -0.1) is 0 Å². The maximum absolute atomic E-state index is 11.5. The number of piperidine rings is 1. The number of halogens is 1. The van der Waals surface area contributed by atoms with Crippen LogP contribution in [0.4, 0.5) is 0 Å². The van der Waals surface area contributed by atoms with Crippen molar-refractivity contribution in [3.05, 3.63) is 29.0 Å². The molecule has 1 aromatic rings. The van der Waals surface area contributed by atoms with Crippen molar-refractivity contribution in [2.24, 2.45) is 5.92 Å². The summed E-state index contributed by atoms with van der Waals surface area (Å²) in [5.74, 6) is -0.103. The monoisotopic (exact) mass is 268 g/mol. The van der Waals surface area contributed by atoms with Crippen LogP contribution in [-0.2, 0) is 16.1 Å². The van der Waals surface area contributed by atoms with E-state index in [9.17, 15) is 4.79 Å². The van der Waals surface area contributed by atoms with E-state index >= 15 is 0 Å². The summed E-state index contributed by atoms with van der Waals surface area (Å²) in [4.78, 5) is 17.8. The van der Waals surface area contributed by atoms with Gasteiger partial charge in [-0.05, 0) is 37.1 Å². The van der Waals surface area contributed by atoms with Crippen molar-refractivity contribution >= 4 is 17.6 Å². The summed E-state index contributed by atoms with van der Waals surface area (Å²) >= 11 is 5.86. The fraction of sp³-hybridized carbons (Fsp3) is 0.538. The summed E-state index contributed by atoms with van der Waals surface area (Å²) in [5.41, 5.74) is 1.13. The summed E-state index contributed by atoms with van der Waals surface area (Å²) < 4.78 is 4.81. The van der Waals surface area contributed by atoms with Crippen LogP contribution in [0.5, 0.6) is 0 Å². The Morgan fingerprint density at radius 1 is 1.67 bits per heavy atom. The first kappa shape index (κ1) is 13.3. The van der Waals surface area contributed by atoms with Crippen molar-refractivity contribution in [2.75, 3.05) is 20.2 Å². The standard InChI is InChI=1S/C13H17ClN2O2/c1-18-13(17)11-3-2-6-16(9-11)8-10-4-5-15-12(14)7-10/h4-5,7,11H,2-3,6,8-9H2,1H3. The molecule has 1 saturated heterocycles. The molecule has 1 aromatic heterocycles. The molecule has 0 N–H and O–H groups in total. The molecule has 0 aromatic carbocycles. The quantitative estimate of drug-likeness (QED) is 0.622. The van der Waals surface area contributed by atoms with E-state index in [2.05, 4.69) is 9.88 Å². The number of esters is 1. The highest BCUT2D eigenvalue weighted by molar-refractivity contribution is 6.29. The molecule has 98 valence electrons. The largest absolute Gasteiger partial charge is 0.469 e. The van der Waals surface area contributed by atoms with Crippen molar-refractivity contribution in [2.45, 2.75) is 19.4 Å². The predicted molar refractivity (Wildman–Crippen MR) is 69.3 cm³/mol. The number of likely N-dealkylation sites (tertiary alicyclic amines) is 1. The lowest BCUT2D eigenvalue weighted by Gasteiger charge is -2.31. The highest BCUT2D eigenvalue weighted by Gasteiger charge is 2.26. The van der Waals surface area contributed by atoms with E-state index in [4.69, 9.17) is 16.3 Å². The molecule has 1 fully saturated rings. The fourth-order valence-electron chi connectivity index (χ4n) is 2.36. The van der Waals surface area contributed by atoms with Crippen LogP contribution in [0.15, 0.2) is 18.3 Å². The molecule has 1 aliphatic rings. The van der Waals surface area contributed by atoms with Crippen molar-refractivity contribution in [1.82, 2.24) is 9.88 Å². The van der Waals surface area contributed by atoms with Gasteiger partial charge in [0.15, 0.2) is 0 Å². The van der Waals surface area contributed by atoms with E-state index in [1.165, 1.54) is 7.11 Å². The van der Waals surface area contributed by atoms with Crippen LogP contribution in [0.1, 0.15) is 18.4 Å². The first-order chi connectivity index (χ1) is 8.69. The van der Waals surface area contributed by atoms with Crippen molar-refractivity contribution < 1.29 is 9.53 Å². The summed E-state index contributed by atoms with van der Waals surface area (Å²) in [6.07, 6.45) is 3.65. The van der Waals surface area contributed by atoms with E-state index in [0.29, 0.717) is 5.15 Å². The zero-order valence-corrected chi connectivity index (χ0v) is 11.2. The van der Waals surface area contributed by atoms with E-state index in [1.807, 2.05) is 12.1 Å². The third kappa shape index (κ3) is 3.43. The minimum atomic E-state index is -0.104. The van der Waals surface area contributed by atoms with Crippen molar-refractivity contribution in [3.63, 3.8) is 0 Å².